The molecule has 0 aromatic heterocycles. The van der Waals surface area contributed by atoms with Crippen molar-refractivity contribution >= 4 is 18.3 Å². The van der Waals surface area contributed by atoms with Gasteiger partial charge in [-0.25, -0.2) is 0 Å². The van der Waals surface area contributed by atoms with Gasteiger partial charge in [-0.2, -0.15) is 0 Å². The molecule has 3 nitrogen and oxygen atoms in total. The van der Waals surface area contributed by atoms with Gasteiger partial charge >= 0.3 is 0 Å². The molecule has 3 N–H and O–H groups in total. The molecule has 126 valence electrons. The zero-order valence-corrected chi connectivity index (χ0v) is 15.0. The van der Waals surface area contributed by atoms with Gasteiger partial charge in [0.1, 0.15) is 0 Å². The van der Waals surface area contributed by atoms with E-state index in [4.69, 9.17) is 5.73 Å². The van der Waals surface area contributed by atoms with E-state index in [9.17, 15) is 4.79 Å². The van der Waals surface area contributed by atoms with Gasteiger partial charge in [0.05, 0.1) is 0 Å². The molecular formula is C18H31ClN2O. The molecule has 0 saturated heterocycles. The molecule has 22 heavy (non-hydrogen) atoms. The van der Waals surface area contributed by atoms with Gasteiger partial charge in [-0.05, 0) is 44.6 Å². The third-order valence-corrected chi connectivity index (χ3v) is 4.29. The second kappa shape index (κ2) is 10.6. The van der Waals surface area contributed by atoms with Crippen molar-refractivity contribution in [2.24, 2.45) is 5.73 Å². The molecule has 0 aliphatic rings. The summed E-state index contributed by atoms with van der Waals surface area (Å²) < 4.78 is 0. The maximum atomic E-state index is 11.8. The number of hydrogen-bond acceptors (Lipinski definition) is 2. The Balaban J connectivity index is 0.00000441. The number of aryl methyl sites for hydroxylation is 2. The Hall–Kier alpha value is -1.06. The molecule has 1 rings (SSSR count). The van der Waals surface area contributed by atoms with Crippen LogP contribution in [0.3, 0.4) is 0 Å². The van der Waals surface area contributed by atoms with E-state index in [1.165, 1.54) is 11.1 Å². The van der Waals surface area contributed by atoms with E-state index in [2.05, 4.69) is 50.4 Å². The number of carbonyl (C=O) groups excluding carboxylic acids is 1. The summed E-state index contributed by atoms with van der Waals surface area (Å²) in [6.45, 7) is 6.81. The topological polar surface area (TPSA) is 55.1 Å². The van der Waals surface area contributed by atoms with Crippen molar-refractivity contribution in [1.82, 2.24) is 5.32 Å². The van der Waals surface area contributed by atoms with E-state index >= 15 is 0 Å². The molecule has 0 saturated carbocycles. The third-order valence-electron chi connectivity index (χ3n) is 4.29. The van der Waals surface area contributed by atoms with Crippen LogP contribution in [0, 0.1) is 6.92 Å². The zero-order valence-electron chi connectivity index (χ0n) is 14.2. The predicted octanol–water partition coefficient (Wildman–Crippen LogP) is 3.76. The highest BCUT2D eigenvalue weighted by Crippen LogP contribution is 2.10. The Morgan fingerprint density at radius 1 is 1.14 bits per heavy atom. The minimum atomic E-state index is -0.252. The van der Waals surface area contributed by atoms with Crippen LogP contribution in [0.4, 0.5) is 0 Å². The molecule has 4 heteroatoms. The van der Waals surface area contributed by atoms with Crippen LogP contribution in [0.2, 0.25) is 0 Å². The number of halogens is 1. The average Bonchev–Trinajstić information content (AvgIpc) is 2.51. The fourth-order valence-electron chi connectivity index (χ4n) is 2.23. The number of hydrogen-bond donors (Lipinski definition) is 2. The van der Waals surface area contributed by atoms with Gasteiger partial charge in [-0.1, -0.05) is 43.7 Å². The van der Waals surface area contributed by atoms with Crippen molar-refractivity contribution in [1.29, 1.82) is 0 Å². The Bertz CT molecular complexity index is 427. The van der Waals surface area contributed by atoms with Crippen molar-refractivity contribution < 1.29 is 4.79 Å². The standard InChI is InChI=1S/C18H30N2O.ClH/c1-4-18(19,5-2)14-20-17(21)9-7-6-8-16-12-10-15(3)11-13-16;/h10-13H,4-9,14,19H2,1-3H3,(H,20,21);1H. The smallest absolute Gasteiger partial charge is 0.220 e. The van der Waals surface area contributed by atoms with Crippen molar-refractivity contribution in [2.75, 3.05) is 6.54 Å². The van der Waals surface area contributed by atoms with Crippen LogP contribution < -0.4 is 11.1 Å². The predicted molar refractivity (Wildman–Crippen MR) is 96.5 cm³/mol. The van der Waals surface area contributed by atoms with Gasteiger partial charge in [0.2, 0.25) is 5.91 Å². The highest BCUT2D eigenvalue weighted by atomic mass is 35.5. The van der Waals surface area contributed by atoms with Gasteiger partial charge in [0.25, 0.3) is 0 Å². The van der Waals surface area contributed by atoms with Crippen LogP contribution in [-0.2, 0) is 11.2 Å². The van der Waals surface area contributed by atoms with E-state index in [1.807, 2.05) is 0 Å². The van der Waals surface area contributed by atoms with Crippen LogP contribution in [0.1, 0.15) is 57.1 Å². The fourth-order valence-corrected chi connectivity index (χ4v) is 2.23. The molecule has 0 radical (unpaired) electrons. The van der Waals surface area contributed by atoms with E-state index in [1.54, 1.807) is 0 Å². The molecule has 0 atom stereocenters. The van der Waals surface area contributed by atoms with Gasteiger partial charge < -0.3 is 11.1 Å². The lowest BCUT2D eigenvalue weighted by atomic mass is 9.94. The zero-order chi connectivity index (χ0) is 15.7. The van der Waals surface area contributed by atoms with E-state index < -0.39 is 0 Å². The number of benzene rings is 1. The molecule has 0 heterocycles. The number of carbonyl (C=O) groups is 1. The van der Waals surface area contributed by atoms with Crippen molar-refractivity contribution in [3.63, 3.8) is 0 Å². The first-order chi connectivity index (χ1) is 9.99. The van der Waals surface area contributed by atoms with Crippen LogP contribution >= 0.6 is 12.4 Å². The van der Waals surface area contributed by atoms with E-state index in [0.29, 0.717) is 13.0 Å². The summed E-state index contributed by atoms with van der Waals surface area (Å²) >= 11 is 0. The van der Waals surface area contributed by atoms with Gasteiger partial charge in [0.15, 0.2) is 0 Å². The molecule has 0 aliphatic carbocycles. The first-order valence-corrected chi connectivity index (χ1v) is 8.10. The van der Waals surface area contributed by atoms with Gasteiger partial charge in [-0.15, -0.1) is 12.4 Å². The van der Waals surface area contributed by atoms with Crippen LogP contribution in [0.25, 0.3) is 0 Å². The summed E-state index contributed by atoms with van der Waals surface area (Å²) in [5.41, 5.74) is 8.55. The van der Waals surface area contributed by atoms with Crippen molar-refractivity contribution in [3.8, 4) is 0 Å². The molecular weight excluding hydrogens is 296 g/mol. The largest absolute Gasteiger partial charge is 0.354 e. The second-order valence-corrected chi connectivity index (χ2v) is 6.04. The SMILES string of the molecule is CCC(N)(CC)CNC(=O)CCCCc1ccc(C)cc1.Cl. The summed E-state index contributed by atoms with van der Waals surface area (Å²) in [5, 5.41) is 2.97. The maximum Gasteiger partial charge on any atom is 0.220 e. The minimum absolute atomic E-state index is 0. The summed E-state index contributed by atoms with van der Waals surface area (Å²) in [4.78, 5) is 11.8. The second-order valence-electron chi connectivity index (χ2n) is 6.04. The average molecular weight is 327 g/mol. The Morgan fingerprint density at radius 3 is 2.27 bits per heavy atom. The maximum absolute atomic E-state index is 11.8. The lowest BCUT2D eigenvalue weighted by Crippen LogP contribution is -2.49. The fraction of sp³-hybridized carbons (Fsp3) is 0.611. The highest BCUT2D eigenvalue weighted by Gasteiger charge is 2.20. The van der Waals surface area contributed by atoms with Crippen molar-refractivity contribution in [2.45, 2.75) is 64.8 Å². The number of unbranched alkanes of at least 4 members (excludes halogenated alkanes) is 1. The monoisotopic (exact) mass is 326 g/mol. The molecule has 1 aromatic carbocycles. The number of rotatable bonds is 9. The lowest BCUT2D eigenvalue weighted by molar-refractivity contribution is -0.121. The first kappa shape index (κ1) is 20.9. The normalized spacial score (nSPS) is 10.9. The number of nitrogens with one attached hydrogen (secondary N) is 1. The Labute approximate surface area is 141 Å². The van der Waals surface area contributed by atoms with Crippen LogP contribution in [-0.4, -0.2) is 18.0 Å². The summed E-state index contributed by atoms with van der Waals surface area (Å²) in [6, 6.07) is 8.61. The van der Waals surface area contributed by atoms with Gasteiger partial charge in [-0.3, -0.25) is 4.79 Å². The number of nitrogens with two attached hydrogens (primary N) is 1. The Morgan fingerprint density at radius 2 is 1.73 bits per heavy atom. The minimum Gasteiger partial charge on any atom is -0.354 e. The molecule has 0 fully saturated rings. The molecule has 0 aliphatic heterocycles. The molecule has 0 spiro atoms. The Kier molecular flexibility index (Phi) is 10.1. The van der Waals surface area contributed by atoms with Crippen LogP contribution in [0.15, 0.2) is 24.3 Å². The summed E-state index contributed by atoms with van der Waals surface area (Å²) in [5.74, 6) is 0.121. The number of amides is 1. The molecule has 0 unspecified atom stereocenters. The lowest BCUT2D eigenvalue weighted by Gasteiger charge is -2.26. The third kappa shape index (κ3) is 7.81. The van der Waals surface area contributed by atoms with Crippen LogP contribution in [0.5, 0.6) is 0 Å². The molecule has 1 aromatic rings. The van der Waals surface area contributed by atoms with E-state index in [-0.39, 0.29) is 23.9 Å². The first-order valence-electron chi connectivity index (χ1n) is 8.10. The quantitative estimate of drug-likeness (QED) is 0.679. The van der Waals surface area contributed by atoms with Gasteiger partial charge in [0, 0.05) is 18.5 Å². The summed E-state index contributed by atoms with van der Waals surface area (Å²) in [6.07, 6.45) is 5.38. The summed E-state index contributed by atoms with van der Waals surface area (Å²) in [7, 11) is 0. The van der Waals surface area contributed by atoms with Crippen molar-refractivity contribution in [3.05, 3.63) is 35.4 Å². The molecule has 0 bridgehead atoms. The van der Waals surface area contributed by atoms with E-state index in [0.717, 1.165) is 32.1 Å². The molecule has 1 amide bonds. The highest BCUT2D eigenvalue weighted by molar-refractivity contribution is 5.85.